The van der Waals surface area contributed by atoms with Crippen molar-refractivity contribution >= 4 is 11.0 Å². The molecule has 1 aromatic heterocycles. The number of ether oxygens (including phenoxy) is 1. The quantitative estimate of drug-likeness (QED) is 0.188. The number of hydrogen-bond acceptors (Lipinski definition) is 3. The van der Waals surface area contributed by atoms with E-state index in [0.717, 1.165) is 46.2 Å². The molecule has 0 radical (unpaired) electrons. The van der Waals surface area contributed by atoms with Crippen molar-refractivity contribution in [1.82, 2.24) is 0 Å². The fraction of sp³-hybridized carbons (Fsp3) is 0.129. The van der Waals surface area contributed by atoms with Gasteiger partial charge in [-0.05, 0) is 52.4 Å². The van der Waals surface area contributed by atoms with E-state index >= 15 is 0 Å². The maximum absolute atomic E-state index is 11.7. The Labute approximate surface area is 199 Å². The Bertz CT molecular complexity index is 1460. The molecule has 0 aliphatic carbocycles. The topological polar surface area (TPSA) is 39.4 Å². The highest BCUT2D eigenvalue weighted by Crippen LogP contribution is 2.36. The average molecular weight is 447 g/mol. The van der Waals surface area contributed by atoms with E-state index in [-0.39, 0.29) is 5.63 Å². The van der Waals surface area contributed by atoms with Crippen molar-refractivity contribution in [2.24, 2.45) is 0 Å². The maximum Gasteiger partial charge on any atom is 0.336 e. The molecule has 0 saturated heterocycles. The molecule has 0 spiro atoms. The first-order chi connectivity index (χ1) is 16.7. The number of unbranched alkanes of at least 4 members (excludes halogenated alkanes) is 1. The lowest BCUT2D eigenvalue weighted by atomic mass is 9.97. The summed E-state index contributed by atoms with van der Waals surface area (Å²) in [7, 11) is 0. The second-order valence-corrected chi connectivity index (χ2v) is 8.36. The van der Waals surface area contributed by atoms with E-state index in [0.29, 0.717) is 12.2 Å². The zero-order valence-electron chi connectivity index (χ0n) is 19.2. The van der Waals surface area contributed by atoms with Crippen LogP contribution >= 0.6 is 0 Å². The number of benzene rings is 4. The van der Waals surface area contributed by atoms with Crippen molar-refractivity contribution in [3.05, 3.63) is 114 Å². The van der Waals surface area contributed by atoms with Crippen molar-refractivity contribution in [1.29, 1.82) is 0 Å². The Morgan fingerprint density at radius 2 is 1.32 bits per heavy atom. The lowest BCUT2D eigenvalue weighted by Gasteiger charge is -2.14. The molecule has 1 heterocycles. The Morgan fingerprint density at radius 1 is 0.676 bits per heavy atom. The Kier molecular flexibility index (Phi) is 6.26. The summed E-state index contributed by atoms with van der Waals surface area (Å²) in [4.78, 5) is 11.7. The number of hydrogen-bond donors (Lipinski definition) is 0. The molecule has 0 bridgehead atoms. The fourth-order valence-corrected chi connectivity index (χ4v) is 4.10. The highest BCUT2D eigenvalue weighted by Gasteiger charge is 2.11. The van der Waals surface area contributed by atoms with Crippen LogP contribution in [0.3, 0.4) is 0 Å². The molecule has 3 nitrogen and oxygen atoms in total. The van der Waals surface area contributed by atoms with Crippen LogP contribution in [0.2, 0.25) is 0 Å². The van der Waals surface area contributed by atoms with E-state index in [9.17, 15) is 4.79 Å². The average Bonchev–Trinajstić information content (AvgIpc) is 2.89. The van der Waals surface area contributed by atoms with E-state index in [2.05, 4.69) is 73.7 Å². The number of fused-ring (bicyclic) bond motifs is 1. The predicted molar refractivity (Wildman–Crippen MR) is 139 cm³/mol. The first-order valence-electron chi connectivity index (χ1n) is 11.7. The summed E-state index contributed by atoms with van der Waals surface area (Å²) in [6, 6.07) is 34.4. The van der Waals surface area contributed by atoms with Crippen LogP contribution in [0, 0.1) is 0 Å². The van der Waals surface area contributed by atoms with Gasteiger partial charge in [-0.25, -0.2) is 4.79 Å². The lowest BCUT2D eigenvalue weighted by molar-refractivity contribution is 0.311. The van der Waals surface area contributed by atoms with Crippen molar-refractivity contribution in [3.63, 3.8) is 0 Å². The molecule has 5 aromatic rings. The van der Waals surface area contributed by atoms with Crippen LogP contribution in [-0.4, -0.2) is 6.61 Å². The molecular weight excluding hydrogens is 420 g/mol. The van der Waals surface area contributed by atoms with E-state index in [4.69, 9.17) is 9.15 Å². The van der Waals surface area contributed by atoms with Gasteiger partial charge < -0.3 is 9.15 Å². The summed E-state index contributed by atoms with van der Waals surface area (Å²) in [6.45, 7) is 2.81. The third-order valence-electron chi connectivity index (χ3n) is 6.00. The molecule has 3 heteroatoms. The second kappa shape index (κ2) is 9.80. The van der Waals surface area contributed by atoms with Gasteiger partial charge in [0, 0.05) is 17.0 Å². The summed E-state index contributed by atoms with van der Waals surface area (Å²) in [5.74, 6) is 0.829. The van der Waals surface area contributed by atoms with E-state index < -0.39 is 0 Å². The van der Waals surface area contributed by atoms with E-state index in [1.807, 2.05) is 24.3 Å². The van der Waals surface area contributed by atoms with Crippen LogP contribution in [-0.2, 0) is 0 Å². The minimum atomic E-state index is -0.349. The first-order valence-corrected chi connectivity index (χ1v) is 11.7. The molecule has 0 amide bonds. The lowest BCUT2D eigenvalue weighted by Crippen LogP contribution is -1.99. The van der Waals surface area contributed by atoms with Gasteiger partial charge in [0.2, 0.25) is 0 Å². The molecule has 0 unspecified atom stereocenters. The van der Waals surface area contributed by atoms with Crippen molar-refractivity contribution in [2.75, 3.05) is 6.61 Å². The highest BCUT2D eigenvalue weighted by molar-refractivity contribution is 5.85. The molecule has 5 rings (SSSR count). The Morgan fingerprint density at radius 3 is 2.09 bits per heavy atom. The van der Waals surface area contributed by atoms with Crippen LogP contribution in [0.5, 0.6) is 5.75 Å². The van der Waals surface area contributed by atoms with Crippen LogP contribution in [0.25, 0.3) is 44.3 Å². The van der Waals surface area contributed by atoms with Crippen LogP contribution in [0.1, 0.15) is 19.8 Å². The highest BCUT2D eigenvalue weighted by atomic mass is 16.5. The first kappa shape index (κ1) is 21.7. The molecule has 0 aliphatic rings. The summed E-state index contributed by atoms with van der Waals surface area (Å²) in [6.07, 6.45) is 2.05. The summed E-state index contributed by atoms with van der Waals surface area (Å²) in [5.41, 5.74) is 6.80. The van der Waals surface area contributed by atoms with Gasteiger partial charge in [0.25, 0.3) is 0 Å². The van der Waals surface area contributed by atoms with Gasteiger partial charge in [0.1, 0.15) is 11.3 Å². The SMILES string of the molecule is CCCCOc1cc(-c2ccc(-c3ccccc3)cc2)ccc1-c1ccc2ccc(=O)oc2c1. The smallest absolute Gasteiger partial charge is 0.336 e. The monoisotopic (exact) mass is 446 g/mol. The third kappa shape index (κ3) is 4.65. The normalized spacial score (nSPS) is 11.0. The largest absolute Gasteiger partial charge is 0.493 e. The minimum Gasteiger partial charge on any atom is -0.493 e. The van der Waals surface area contributed by atoms with Crippen molar-refractivity contribution in [2.45, 2.75) is 19.8 Å². The molecule has 0 N–H and O–H groups in total. The summed E-state index contributed by atoms with van der Waals surface area (Å²) < 4.78 is 11.6. The standard InChI is InChI=1S/C31H26O3/c1-2-3-19-33-30-20-26(24-11-9-23(10-12-24)22-7-5-4-6-8-22)15-17-28(30)27-14-13-25-16-18-31(32)34-29(25)21-27/h4-18,20-21H,2-3,19H2,1H3. The molecular formula is C31H26O3. The fourth-order valence-electron chi connectivity index (χ4n) is 4.10. The Balaban J connectivity index is 1.52. The maximum atomic E-state index is 11.7. The van der Waals surface area contributed by atoms with E-state index in [1.165, 1.54) is 17.2 Å². The van der Waals surface area contributed by atoms with Gasteiger partial charge in [0.15, 0.2) is 0 Å². The van der Waals surface area contributed by atoms with Crippen molar-refractivity contribution < 1.29 is 9.15 Å². The van der Waals surface area contributed by atoms with Gasteiger partial charge in [-0.2, -0.15) is 0 Å². The van der Waals surface area contributed by atoms with Crippen molar-refractivity contribution in [3.8, 4) is 39.1 Å². The second-order valence-electron chi connectivity index (χ2n) is 8.36. The van der Waals surface area contributed by atoms with Crippen LogP contribution in [0.15, 0.2) is 112 Å². The molecule has 168 valence electrons. The summed E-state index contributed by atoms with van der Waals surface area (Å²) in [5, 5.41) is 0.895. The number of rotatable bonds is 7. The molecule has 0 atom stereocenters. The third-order valence-corrected chi connectivity index (χ3v) is 6.00. The molecule has 34 heavy (non-hydrogen) atoms. The minimum absolute atomic E-state index is 0.349. The van der Waals surface area contributed by atoms with Gasteiger partial charge in [-0.3, -0.25) is 0 Å². The molecule has 0 saturated carbocycles. The predicted octanol–water partition coefficient (Wildman–Crippen LogP) is 7.97. The van der Waals surface area contributed by atoms with E-state index in [1.54, 1.807) is 6.07 Å². The zero-order valence-corrected chi connectivity index (χ0v) is 19.2. The molecule has 4 aromatic carbocycles. The zero-order chi connectivity index (χ0) is 23.3. The van der Waals surface area contributed by atoms with Crippen LogP contribution in [0.4, 0.5) is 0 Å². The van der Waals surface area contributed by atoms with Gasteiger partial charge in [-0.15, -0.1) is 0 Å². The molecule has 0 aliphatic heterocycles. The molecule has 0 fully saturated rings. The van der Waals surface area contributed by atoms with Gasteiger partial charge in [-0.1, -0.05) is 92.2 Å². The summed E-state index contributed by atoms with van der Waals surface area (Å²) >= 11 is 0. The van der Waals surface area contributed by atoms with Gasteiger partial charge >= 0.3 is 5.63 Å². The van der Waals surface area contributed by atoms with Gasteiger partial charge in [0.05, 0.1) is 6.61 Å². The Hall–Kier alpha value is -4.11. The van der Waals surface area contributed by atoms with Crippen LogP contribution < -0.4 is 10.4 Å².